The highest BCUT2D eigenvalue weighted by Gasteiger charge is 2.44. The number of aliphatic hydroxyl groups excluding tert-OH is 1. The molecule has 11 atom stereocenters. The molecule has 1 aliphatic heterocycles. The minimum Gasteiger partial charge on any atom is -0.386 e. The lowest BCUT2D eigenvalue weighted by Crippen LogP contribution is -2.60. The number of ether oxygens (including phenoxy) is 3. The number of benzene rings is 2. The Kier molecular flexibility index (Phi) is 33.7. The number of sulfone groups is 1. The molecule has 97 heavy (non-hydrogen) atoms. The summed E-state index contributed by atoms with van der Waals surface area (Å²) in [6.45, 7) is 12.3. The van der Waals surface area contributed by atoms with Crippen molar-refractivity contribution in [2.45, 2.75) is 166 Å². The quantitative estimate of drug-likeness (QED) is 0.0174. The van der Waals surface area contributed by atoms with Crippen molar-refractivity contribution in [3.8, 4) is 11.8 Å². The SMILES string of the molecule is CC[C@H](C)[C@@H]([C@@H](CC(=O)N1CCC[C@H]1[C@H](OC)[C@@H](C)C(=O)N[C@H](C)[C@@H](O)c1ccccc1)OC)N(C)C(=O)[C@@H](NC(=O)[C@H](C(C)C)N(C)C(=O)COCNC(=O)CNC(=O)[C@H](Cc1ccccc1)NC(=O)CNC(=O)CNC(=O)CCCC#Cc1cnc(S(C)(=O)=O)nc1)C(C)C. The number of carbonyl (C=O) groups is 10. The normalized spacial score (nSPS) is 16.0. The maximum absolute atomic E-state index is 14.8. The van der Waals surface area contributed by atoms with Crippen molar-refractivity contribution in [2.75, 3.05) is 74.1 Å². The molecule has 1 aromatic heterocycles. The Hall–Kier alpha value is -8.43. The fourth-order valence-corrected chi connectivity index (χ4v) is 11.8. The first-order valence-electron chi connectivity index (χ1n) is 32.6. The van der Waals surface area contributed by atoms with Gasteiger partial charge in [0, 0.05) is 72.8 Å². The van der Waals surface area contributed by atoms with Crippen molar-refractivity contribution < 1.29 is 75.7 Å². The molecule has 4 rings (SSSR count). The van der Waals surface area contributed by atoms with E-state index in [4.69, 9.17) is 14.2 Å². The number of nitrogens with one attached hydrogen (secondary N) is 7. The van der Waals surface area contributed by atoms with Gasteiger partial charge in [0.05, 0.1) is 74.0 Å². The lowest BCUT2D eigenvalue weighted by atomic mass is 9.89. The van der Waals surface area contributed by atoms with Crippen molar-refractivity contribution in [1.82, 2.24) is 61.9 Å². The number of carbonyl (C=O) groups excluding carboxylic acids is 10. The summed E-state index contributed by atoms with van der Waals surface area (Å²) in [5, 5.41) is 28.8. The highest BCUT2D eigenvalue weighted by Crippen LogP contribution is 2.30. The lowest BCUT2D eigenvalue weighted by molar-refractivity contribution is -0.149. The van der Waals surface area contributed by atoms with Crippen LogP contribution in [0.15, 0.2) is 78.2 Å². The van der Waals surface area contributed by atoms with E-state index in [2.05, 4.69) is 59.0 Å². The second kappa shape index (κ2) is 40.3. The molecule has 10 amide bonds. The van der Waals surface area contributed by atoms with Gasteiger partial charge in [-0.1, -0.05) is 127 Å². The number of likely N-dealkylation sites (N-methyl/N-ethyl adjacent to an activating group) is 2. The standard InChI is InChI=1S/C68H100N12O16S/c1-14-44(6)61(52(94-11)34-57(85)80-32-24-30-51(80)63(95-12)45(7)64(88)75-46(8)62(87)49-28-21-17-22-29-49)79(10)67(91)59(42(2)3)77-66(90)60(43(4)5)78(9)58(86)40-96-41-74-55(83)38-71-65(89)50(33-47-25-18-15-19-26-47)76-56(84)39-70-54(82)37-69-53(81)31-23-16-20-27-48-35-72-68(73-36-48)97(13,92)93/h15,17-19,21-22,25-26,28-29,35-36,42-46,50-52,59-63,87H,14,16,23-24,30-34,37-41H2,1-13H3,(H,69,81)(H,70,82)(H,71,89)(H,74,83)(H,75,88)(H,76,84)(H,77,90)/t44-,45+,46+,50-,51-,52+,59-,60-,61-,62+,63+/m0/s1. The first-order chi connectivity index (χ1) is 45.9. The average molecular weight is 1370 g/mol. The van der Waals surface area contributed by atoms with Crippen LogP contribution in [0.25, 0.3) is 0 Å². The third-order valence-electron chi connectivity index (χ3n) is 16.9. The zero-order valence-electron chi connectivity index (χ0n) is 58.0. The van der Waals surface area contributed by atoms with Crippen LogP contribution in [0.1, 0.15) is 123 Å². The third kappa shape index (κ3) is 25.8. The van der Waals surface area contributed by atoms with E-state index < -0.39 is 162 Å². The Labute approximate surface area is 569 Å². The second-order valence-electron chi connectivity index (χ2n) is 25.0. The molecule has 0 bridgehead atoms. The monoisotopic (exact) mass is 1370 g/mol. The van der Waals surface area contributed by atoms with Crippen LogP contribution in [-0.4, -0.2) is 220 Å². The Morgan fingerprint density at radius 3 is 1.94 bits per heavy atom. The first-order valence-corrected chi connectivity index (χ1v) is 34.5. The fraction of sp³-hybridized carbons (Fsp3) is 0.588. The maximum Gasteiger partial charge on any atom is 0.249 e. The van der Waals surface area contributed by atoms with Gasteiger partial charge in [0.15, 0.2) is 0 Å². The number of aliphatic hydroxyl groups is 1. The van der Waals surface area contributed by atoms with Crippen LogP contribution in [0, 0.1) is 35.5 Å². The van der Waals surface area contributed by atoms with Crippen molar-refractivity contribution in [3.05, 3.63) is 89.7 Å². The Bertz CT molecular complexity index is 3280. The van der Waals surface area contributed by atoms with Crippen LogP contribution in [0.4, 0.5) is 0 Å². The van der Waals surface area contributed by atoms with E-state index in [-0.39, 0.29) is 42.2 Å². The van der Waals surface area contributed by atoms with Crippen LogP contribution in [0.2, 0.25) is 0 Å². The molecule has 2 heterocycles. The van der Waals surface area contributed by atoms with E-state index in [1.54, 1.807) is 96.0 Å². The van der Waals surface area contributed by atoms with E-state index in [9.17, 15) is 61.5 Å². The van der Waals surface area contributed by atoms with Crippen LogP contribution in [0.3, 0.4) is 0 Å². The van der Waals surface area contributed by atoms with Crippen molar-refractivity contribution in [1.29, 1.82) is 0 Å². The molecule has 0 saturated carbocycles. The molecule has 8 N–H and O–H groups in total. The van der Waals surface area contributed by atoms with Gasteiger partial charge < -0.3 is 71.2 Å². The summed E-state index contributed by atoms with van der Waals surface area (Å²) < 4.78 is 40.6. The number of nitrogens with zero attached hydrogens (tertiary/aromatic N) is 5. The second-order valence-corrected chi connectivity index (χ2v) is 26.9. The smallest absolute Gasteiger partial charge is 0.249 e. The molecule has 534 valence electrons. The van der Waals surface area contributed by atoms with Gasteiger partial charge in [0.25, 0.3) is 0 Å². The van der Waals surface area contributed by atoms with Crippen molar-refractivity contribution in [3.63, 3.8) is 0 Å². The molecule has 0 spiro atoms. The third-order valence-corrected chi connectivity index (χ3v) is 17.8. The zero-order chi connectivity index (χ0) is 72.1. The number of amides is 10. The molecule has 1 fully saturated rings. The van der Waals surface area contributed by atoms with E-state index >= 15 is 0 Å². The Morgan fingerprint density at radius 1 is 0.732 bits per heavy atom. The summed E-state index contributed by atoms with van der Waals surface area (Å²) in [4.78, 5) is 147. The van der Waals surface area contributed by atoms with E-state index in [0.29, 0.717) is 55.3 Å². The summed E-state index contributed by atoms with van der Waals surface area (Å²) in [7, 11) is 2.48. The van der Waals surface area contributed by atoms with Gasteiger partial charge in [-0.2, -0.15) is 0 Å². The molecule has 28 nitrogen and oxygen atoms in total. The molecule has 2 aromatic carbocycles. The topological polar surface area (TPSA) is 372 Å². The number of hydrogen-bond acceptors (Lipinski definition) is 18. The van der Waals surface area contributed by atoms with Gasteiger partial charge >= 0.3 is 0 Å². The number of unbranched alkanes of at least 4 members (excludes halogenated alkanes) is 1. The van der Waals surface area contributed by atoms with Crippen LogP contribution in [0.5, 0.6) is 0 Å². The van der Waals surface area contributed by atoms with Gasteiger partial charge in [-0.15, -0.1) is 0 Å². The Morgan fingerprint density at radius 2 is 1.34 bits per heavy atom. The molecule has 1 saturated heterocycles. The highest BCUT2D eigenvalue weighted by molar-refractivity contribution is 7.90. The average Bonchev–Trinajstić information content (AvgIpc) is 1.80. The summed E-state index contributed by atoms with van der Waals surface area (Å²) in [6.07, 6.45) is 3.61. The molecular formula is C68H100N12O16S. The molecular weight excluding hydrogens is 1270 g/mol. The summed E-state index contributed by atoms with van der Waals surface area (Å²) in [5.41, 5.74) is 1.73. The number of hydrogen-bond donors (Lipinski definition) is 8. The number of rotatable bonds is 38. The van der Waals surface area contributed by atoms with Gasteiger partial charge in [-0.25, -0.2) is 18.4 Å². The molecule has 3 aromatic rings. The first kappa shape index (κ1) is 81.0. The fourth-order valence-electron chi connectivity index (χ4n) is 11.3. The van der Waals surface area contributed by atoms with E-state index in [0.717, 1.165) is 6.26 Å². The Balaban J connectivity index is 1.27. The van der Waals surface area contributed by atoms with Crippen LogP contribution in [-0.2, 0) is 78.4 Å². The summed E-state index contributed by atoms with van der Waals surface area (Å²) in [5.74, 6) is -1.70. The van der Waals surface area contributed by atoms with Crippen molar-refractivity contribution in [2.24, 2.45) is 23.7 Å². The van der Waals surface area contributed by atoms with Gasteiger partial charge in [0.1, 0.15) is 31.5 Å². The molecule has 1 aliphatic rings. The predicted octanol–water partition coefficient (Wildman–Crippen LogP) is 1.35. The van der Waals surface area contributed by atoms with Gasteiger partial charge in [-0.05, 0) is 55.1 Å². The van der Waals surface area contributed by atoms with Crippen LogP contribution >= 0.6 is 0 Å². The van der Waals surface area contributed by atoms with E-state index in [1.165, 1.54) is 43.5 Å². The summed E-state index contributed by atoms with van der Waals surface area (Å²) >= 11 is 0. The maximum atomic E-state index is 14.8. The molecule has 0 aliphatic carbocycles. The van der Waals surface area contributed by atoms with Gasteiger partial charge in [0.2, 0.25) is 74.1 Å². The number of aromatic nitrogens is 2. The van der Waals surface area contributed by atoms with E-state index in [1.807, 2.05) is 32.0 Å². The molecule has 0 unspecified atom stereocenters. The number of likely N-dealkylation sites (tertiary alicyclic amines) is 1. The largest absolute Gasteiger partial charge is 0.386 e. The van der Waals surface area contributed by atoms with Crippen molar-refractivity contribution >= 4 is 68.9 Å². The zero-order valence-corrected chi connectivity index (χ0v) is 58.9. The highest BCUT2D eigenvalue weighted by atomic mass is 32.2. The lowest BCUT2D eigenvalue weighted by Gasteiger charge is -2.41. The molecule has 29 heteroatoms. The number of methoxy groups -OCH3 is 2. The minimum absolute atomic E-state index is 0.0153. The van der Waals surface area contributed by atoms with Gasteiger partial charge in [-0.3, -0.25) is 47.9 Å². The minimum atomic E-state index is -3.55. The predicted molar refractivity (Wildman–Crippen MR) is 359 cm³/mol. The molecule has 0 radical (unpaired) electrons. The summed E-state index contributed by atoms with van der Waals surface area (Å²) in [6, 6.07) is 12.7. The van der Waals surface area contributed by atoms with Crippen LogP contribution < -0.4 is 37.2 Å².